The van der Waals surface area contributed by atoms with Gasteiger partial charge in [0.15, 0.2) is 11.5 Å². The van der Waals surface area contributed by atoms with Crippen molar-refractivity contribution in [2.75, 3.05) is 20.3 Å². The first kappa shape index (κ1) is 21.5. The Hall–Kier alpha value is -1.46. The normalized spacial score (nSPS) is 10.9. The molecule has 1 aromatic carbocycles. The minimum atomic E-state index is -0.448. The van der Waals surface area contributed by atoms with Crippen LogP contribution in [0.1, 0.15) is 44.5 Å². The number of carbonyl (C=O) groups excluding carboxylic acids is 1. The van der Waals surface area contributed by atoms with E-state index >= 15 is 0 Å². The summed E-state index contributed by atoms with van der Waals surface area (Å²) in [5.41, 5.74) is 5.71. The first-order chi connectivity index (χ1) is 10.3. The summed E-state index contributed by atoms with van der Waals surface area (Å²) in [6, 6.07) is 5.19. The molecule has 0 saturated heterocycles. The zero-order valence-corrected chi connectivity index (χ0v) is 15.5. The number of amides is 1. The van der Waals surface area contributed by atoms with E-state index in [4.69, 9.17) is 15.2 Å². The lowest BCUT2D eigenvalue weighted by molar-refractivity contribution is 0.0915. The molecule has 1 rings (SSSR count). The van der Waals surface area contributed by atoms with E-state index in [9.17, 15) is 4.79 Å². The molecule has 0 fully saturated rings. The lowest BCUT2D eigenvalue weighted by Gasteiger charge is -2.24. The molecule has 1 aromatic rings. The molecule has 0 saturated carbocycles. The molecule has 0 atom stereocenters. The molecule has 0 bridgehead atoms. The number of nitrogens with one attached hydrogen (secondary N) is 1. The third kappa shape index (κ3) is 7.10. The lowest BCUT2D eigenvalue weighted by atomic mass is 10.1. The van der Waals surface area contributed by atoms with Crippen molar-refractivity contribution >= 4 is 18.3 Å². The van der Waals surface area contributed by atoms with Gasteiger partial charge in [0, 0.05) is 17.6 Å². The van der Waals surface area contributed by atoms with E-state index in [1.165, 1.54) is 0 Å². The van der Waals surface area contributed by atoms with Gasteiger partial charge in [0.1, 0.15) is 0 Å². The second-order valence-electron chi connectivity index (χ2n) is 6.44. The summed E-state index contributed by atoms with van der Waals surface area (Å²) >= 11 is 0. The first-order valence-electron chi connectivity index (χ1n) is 7.62. The number of nitrogens with two attached hydrogens (primary N) is 1. The first-order valence-corrected chi connectivity index (χ1v) is 7.62. The van der Waals surface area contributed by atoms with Crippen LogP contribution in [0, 0.1) is 5.92 Å². The Kier molecular flexibility index (Phi) is 9.02. The Morgan fingerprint density at radius 3 is 2.48 bits per heavy atom. The minimum absolute atomic E-state index is 0. The van der Waals surface area contributed by atoms with E-state index in [0.29, 0.717) is 36.1 Å². The summed E-state index contributed by atoms with van der Waals surface area (Å²) in [6.07, 6.45) is 0.968. The third-order valence-corrected chi connectivity index (χ3v) is 3.34. The summed E-state index contributed by atoms with van der Waals surface area (Å²) in [7, 11) is 1.57. The molecule has 0 aromatic heterocycles. The number of hydrogen-bond donors (Lipinski definition) is 2. The van der Waals surface area contributed by atoms with Gasteiger partial charge in [-0.05, 0) is 44.4 Å². The van der Waals surface area contributed by atoms with Crippen LogP contribution in [0.3, 0.4) is 0 Å². The zero-order chi connectivity index (χ0) is 16.8. The summed E-state index contributed by atoms with van der Waals surface area (Å²) in [4.78, 5) is 12.2. The number of rotatable bonds is 8. The largest absolute Gasteiger partial charge is 0.493 e. The van der Waals surface area contributed by atoms with Gasteiger partial charge in [0.2, 0.25) is 0 Å². The summed E-state index contributed by atoms with van der Waals surface area (Å²) in [6.45, 7) is 9.05. The molecule has 0 spiro atoms. The highest BCUT2D eigenvalue weighted by Crippen LogP contribution is 2.28. The molecule has 0 radical (unpaired) electrons. The maximum atomic E-state index is 12.2. The Morgan fingerprint density at radius 1 is 1.30 bits per heavy atom. The van der Waals surface area contributed by atoms with Crippen molar-refractivity contribution in [2.45, 2.75) is 39.7 Å². The van der Waals surface area contributed by atoms with Gasteiger partial charge in [-0.2, -0.15) is 0 Å². The van der Waals surface area contributed by atoms with E-state index in [2.05, 4.69) is 19.2 Å². The van der Waals surface area contributed by atoms with Crippen LogP contribution >= 0.6 is 12.4 Å². The minimum Gasteiger partial charge on any atom is -0.493 e. The molecule has 0 aliphatic heterocycles. The highest BCUT2D eigenvalue weighted by atomic mass is 35.5. The Bertz CT molecular complexity index is 505. The number of hydrogen-bond acceptors (Lipinski definition) is 4. The average molecular weight is 345 g/mol. The molecule has 3 N–H and O–H groups in total. The number of methoxy groups -OCH3 is 1. The van der Waals surface area contributed by atoms with E-state index in [0.717, 1.165) is 6.42 Å². The smallest absolute Gasteiger partial charge is 0.251 e. The number of benzene rings is 1. The second kappa shape index (κ2) is 9.63. The van der Waals surface area contributed by atoms with Gasteiger partial charge in [-0.3, -0.25) is 4.79 Å². The van der Waals surface area contributed by atoms with Gasteiger partial charge < -0.3 is 20.5 Å². The summed E-state index contributed by atoms with van der Waals surface area (Å²) in [5.74, 6) is 1.61. The maximum absolute atomic E-state index is 12.2. The predicted molar refractivity (Wildman–Crippen MR) is 95.8 cm³/mol. The maximum Gasteiger partial charge on any atom is 0.251 e. The van der Waals surface area contributed by atoms with Crippen molar-refractivity contribution in [3.8, 4) is 11.5 Å². The summed E-state index contributed by atoms with van der Waals surface area (Å²) in [5, 5.41) is 2.89. The van der Waals surface area contributed by atoms with E-state index in [1.54, 1.807) is 25.3 Å². The van der Waals surface area contributed by atoms with Crippen LogP contribution in [0.15, 0.2) is 18.2 Å². The number of halogens is 1. The molecule has 132 valence electrons. The van der Waals surface area contributed by atoms with Gasteiger partial charge in [-0.25, -0.2) is 0 Å². The fraction of sp³-hybridized carbons (Fsp3) is 0.588. The van der Waals surface area contributed by atoms with Crippen molar-refractivity contribution in [1.82, 2.24) is 5.32 Å². The molecular weight excluding hydrogens is 316 g/mol. The molecule has 0 aliphatic carbocycles. The molecule has 0 heterocycles. The lowest BCUT2D eigenvalue weighted by Crippen LogP contribution is -2.48. The topological polar surface area (TPSA) is 73.6 Å². The van der Waals surface area contributed by atoms with Gasteiger partial charge in [-0.1, -0.05) is 13.8 Å². The second-order valence-corrected chi connectivity index (χ2v) is 6.44. The van der Waals surface area contributed by atoms with Crippen LogP contribution in [0.2, 0.25) is 0 Å². The van der Waals surface area contributed by atoms with E-state index in [1.807, 2.05) is 13.8 Å². The number of carbonyl (C=O) groups is 1. The Balaban J connectivity index is 0.00000484. The third-order valence-electron chi connectivity index (χ3n) is 3.34. The van der Waals surface area contributed by atoms with Crippen molar-refractivity contribution in [2.24, 2.45) is 11.7 Å². The van der Waals surface area contributed by atoms with Crippen LogP contribution in [0.25, 0.3) is 0 Å². The van der Waals surface area contributed by atoms with E-state index < -0.39 is 5.54 Å². The van der Waals surface area contributed by atoms with Gasteiger partial charge in [-0.15, -0.1) is 12.4 Å². The average Bonchev–Trinajstić information content (AvgIpc) is 2.46. The van der Waals surface area contributed by atoms with Crippen molar-refractivity contribution < 1.29 is 14.3 Å². The van der Waals surface area contributed by atoms with Gasteiger partial charge in [0.05, 0.1) is 13.7 Å². The molecule has 23 heavy (non-hydrogen) atoms. The van der Waals surface area contributed by atoms with Crippen LogP contribution in [-0.2, 0) is 0 Å². The summed E-state index contributed by atoms with van der Waals surface area (Å²) < 4.78 is 11.0. The standard InChI is InChI=1S/C17H28N2O3.ClH/c1-12(2)8-9-22-14-7-6-13(10-15(14)21-5)16(20)19-17(3,4)11-18;/h6-7,10,12H,8-9,11,18H2,1-5H3,(H,19,20);1H. The highest BCUT2D eigenvalue weighted by molar-refractivity contribution is 5.95. The van der Waals surface area contributed by atoms with Gasteiger partial charge in [0.25, 0.3) is 5.91 Å². The Labute approximate surface area is 145 Å². The van der Waals surface area contributed by atoms with Crippen molar-refractivity contribution in [3.05, 3.63) is 23.8 Å². The van der Waals surface area contributed by atoms with Crippen LogP contribution in [-0.4, -0.2) is 31.7 Å². The molecule has 1 amide bonds. The van der Waals surface area contributed by atoms with Crippen LogP contribution in [0.4, 0.5) is 0 Å². The van der Waals surface area contributed by atoms with Crippen LogP contribution < -0.4 is 20.5 Å². The molecule has 0 aliphatic rings. The van der Waals surface area contributed by atoms with Gasteiger partial charge >= 0.3 is 0 Å². The Morgan fingerprint density at radius 2 is 1.96 bits per heavy atom. The van der Waals surface area contributed by atoms with Crippen molar-refractivity contribution in [1.29, 1.82) is 0 Å². The molecule has 6 heteroatoms. The van der Waals surface area contributed by atoms with Crippen LogP contribution in [0.5, 0.6) is 11.5 Å². The molecule has 0 unspecified atom stereocenters. The quantitative estimate of drug-likeness (QED) is 0.760. The fourth-order valence-corrected chi connectivity index (χ4v) is 1.76. The van der Waals surface area contributed by atoms with E-state index in [-0.39, 0.29) is 18.3 Å². The SMILES string of the molecule is COc1cc(C(=O)NC(C)(C)CN)ccc1OCCC(C)C.Cl. The zero-order valence-electron chi connectivity index (χ0n) is 14.6. The molecule has 5 nitrogen and oxygen atoms in total. The monoisotopic (exact) mass is 344 g/mol. The fourth-order valence-electron chi connectivity index (χ4n) is 1.76. The molecular formula is C17H29ClN2O3. The highest BCUT2D eigenvalue weighted by Gasteiger charge is 2.20. The van der Waals surface area contributed by atoms with Crippen molar-refractivity contribution in [3.63, 3.8) is 0 Å². The predicted octanol–water partition coefficient (Wildman–Crippen LogP) is 3.01. The number of ether oxygens (including phenoxy) is 2.